The van der Waals surface area contributed by atoms with Gasteiger partial charge in [-0.15, -0.1) is 0 Å². The van der Waals surface area contributed by atoms with E-state index in [-0.39, 0.29) is 0 Å². The van der Waals surface area contributed by atoms with E-state index in [1.807, 2.05) is 30.3 Å². The Bertz CT molecular complexity index is 886. The molecule has 0 fully saturated rings. The van der Waals surface area contributed by atoms with Crippen LogP contribution >= 0.6 is 0 Å². The zero-order valence-corrected chi connectivity index (χ0v) is 13.9. The van der Waals surface area contributed by atoms with Crippen molar-refractivity contribution >= 4 is 16.6 Å². The number of nitrogens with zero attached hydrogens (tertiary/aromatic N) is 1. The number of pyridine rings is 1. The molecule has 1 heterocycles. The van der Waals surface area contributed by atoms with Crippen molar-refractivity contribution in [1.82, 2.24) is 4.98 Å². The van der Waals surface area contributed by atoms with Gasteiger partial charge in [-0.1, -0.05) is 30.3 Å². The third-order valence-corrected chi connectivity index (χ3v) is 4.72. The second-order valence-corrected chi connectivity index (χ2v) is 6.58. The number of aryl methyl sites for hydroxylation is 2. The summed E-state index contributed by atoms with van der Waals surface area (Å²) in [6.45, 7) is 1.73. The summed E-state index contributed by atoms with van der Waals surface area (Å²) in [5.74, 6) is 0. The van der Waals surface area contributed by atoms with Gasteiger partial charge in [-0.25, -0.2) is 4.98 Å². The number of aliphatic hydroxyl groups excluding tert-OH is 1. The van der Waals surface area contributed by atoms with Gasteiger partial charge >= 0.3 is 0 Å². The largest absolute Gasteiger partial charge is 0.374 e. The normalized spacial score (nSPS) is 15.1. The second kappa shape index (κ2) is 6.25. The lowest BCUT2D eigenvalue weighted by atomic mass is 9.90. The fourth-order valence-electron chi connectivity index (χ4n) is 3.56. The Balaban J connectivity index is 1.84. The molecule has 3 aromatic rings. The van der Waals surface area contributed by atoms with Crippen LogP contribution in [0.5, 0.6) is 0 Å². The third kappa shape index (κ3) is 2.87. The summed E-state index contributed by atoms with van der Waals surface area (Å²) in [4.78, 5) is 4.84. The van der Waals surface area contributed by atoms with Gasteiger partial charge in [0.25, 0.3) is 0 Å². The van der Waals surface area contributed by atoms with Crippen molar-refractivity contribution in [2.24, 2.45) is 0 Å². The fourth-order valence-corrected chi connectivity index (χ4v) is 3.56. The van der Waals surface area contributed by atoms with Crippen LogP contribution < -0.4 is 5.32 Å². The van der Waals surface area contributed by atoms with Gasteiger partial charge in [-0.05, 0) is 61.9 Å². The number of benzene rings is 2. The van der Waals surface area contributed by atoms with Gasteiger partial charge < -0.3 is 10.4 Å². The van der Waals surface area contributed by atoms with Crippen LogP contribution in [0.1, 0.15) is 30.9 Å². The quantitative estimate of drug-likeness (QED) is 0.697. The average Bonchev–Trinajstić information content (AvgIpc) is 2.61. The Kier molecular flexibility index (Phi) is 3.95. The number of aromatic nitrogens is 1. The molecule has 24 heavy (non-hydrogen) atoms. The van der Waals surface area contributed by atoms with Gasteiger partial charge in [0.1, 0.15) is 6.23 Å². The molecule has 1 aliphatic carbocycles. The molecule has 1 atom stereocenters. The average molecular weight is 318 g/mol. The van der Waals surface area contributed by atoms with E-state index >= 15 is 0 Å². The molecule has 0 aliphatic heterocycles. The van der Waals surface area contributed by atoms with Crippen molar-refractivity contribution in [1.29, 1.82) is 0 Å². The molecule has 4 rings (SSSR count). The Morgan fingerprint density at radius 2 is 1.79 bits per heavy atom. The summed E-state index contributed by atoms with van der Waals surface area (Å²) < 4.78 is 0. The molecule has 0 spiro atoms. The lowest BCUT2D eigenvalue weighted by Crippen LogP contribution is -2.13. The summed E-state index contributed by atoms with van der Waals surface area (Å²) in [5, 5.41) is 13.9. The predicted molar refractivity (Wildman–Crippen MR) is 99.1 cm³/mol. The summed E-state index contributed by atoms with van der Waals surface area (Å²) in [7, 11) is 0. The first-order valence-corrected chi connectivity index (χ1v) is 8.67. The molecule has 0 saturated heterocycles. The van der Waals surface area contributed by atoms with E-state index < -0.39 is 6.23 Å². The maximum Gasteiger partial charge on any atom is 0.121 e. The summed E-state index contributed by atoms with van der Waals surface area (Å²) >= 11 is 0. The smallest absolute Gasteiger partial charge is 0.121 e. The number of anilines is 1. The maximum absolute atomic E-state index is 9.75. The number of rotatable bonds is 3. The number of aliphatic hydroxyl groups is 1. The highest BCUT2D eigenvalue weighted by Gasteiger charge is 2.13. The summed E-state index contributed by atoms with van der Waals surface area (Å²) in [6.07, 6.45) is 4.32. The summed E-state index contributed by atoms with van der Waals surface area (Å²) in [5.41, 5.74) is 6.89. The molecule has 1 unspecified atom stereocenters. The van der Waals surface area contributed by atoms with Crippen molar-refractivity contribution in [2.45, 2.75) is 38.8 Å². The molecule has 1 aliphatic rings. The molecule has 122 valence electrons. The van der Waals surface area contributed by atoms with Crippen LogP contribution in [0.15, 0.2) is 48.5 Å². The molecule has 1 aromatic heterocycles. The SMILES string of the molecule is CC(O)Nc1cc(-c2ccc3c(c2)CCCC3)nc2ccccc12. The van der Waals surface area contributed by atoms with E-state index in [0.29, 0.717) is 0 Å². The van der Waals surface area contributed by atoms with Gasteiger partial charge in [0.15, 0.2) is 0 Å². The van der Waals surface area contributed by atoms with E-state index in [1.165, 1.54) is 30.4 Å². The first-order chi connectivity index (χ1) is 11.7. The Morgan fingerprint density at radius 1 is 1.00 bits per heavy atom. The highest BCUT2D eigenvalue weighted by atomic mass is 16.3. The number of hydrogen-bond donors (Lipinski definition) is 2. The zero-order valence-electron chi connectivity index (χ0n) is 13.9. The van der Waals surface area contributed by atoms with Gasteiger partial charge in [0.2, 0.25) is 0 Å². The molecule has 0 bridgehead atoms. The number of nitrogens with one attached hydrogen (secondary N) is 1. The van der Waals surface area contributed by atoms with E-state index in [4.69, 9.17) is 4.98 Å². The van der Waals surface area contributed by atoms with Gasteiger partial charge in [0.05, 0.1) is 11.2 Å². The van der Waals surface area contributed by atoms with Gasteiger partial charge in [-0.3, -0.25) is 0 Å². The third-order valence-electron chi connectivity index (χ3n) is 4.72. The topological polar surface area (TPSA) is 45.1 Å². The minimum atomic E-state index is -0.604. The van der Waals surface area contributed by atoms with E-state index in [0.717, 1.165) is 34.3 Å². The minimum absolute atomic E-state index is 0.604. The first-order valence-electron chi connectivity index (χ1n) is 8.67. The van der Waals surface area contributed by atoms with Crippen molar-refractivity contribution in [3.8, 4) is 11.3 Å². The maximum atomic E-state index is 9.75. The lowest BCUT2D eigenvalue weighted by molar-refractivity contribution is 0.224. The summed E-state index contributed by atoms with van der Waals surface area (Å²) in [6, 6.07) is 16.8. The van der Waals surface area contributed by atoms with Crippen LogP contribution in [-0.2, 0) is 12.8 Å². The Hall–Kier alpha value is -2.39. The molecule has 2 N–H and O–H groups in total. The molecule has 0 amide bonds. The predicted octanol–water partition coefficient (Wildman–Crippen LogP) is 4.53. The van der Waals surface area contributed by atoms with Crippen LogP contribution in [0.25, 0.3) is 22.2 Å². The second-order valence-electron chi connectivity index (χ2n) is 6.58. The Labute approximate surface area is 142 Å². The van der Waals surface area contributed by atoms with E-state index in [9.17, 15) is 5.11 Å². The molecule has 2 aromatic carbocycles. The minimum Gasteiger partial charge on any atom is -0.374 e. The highest BCUT2D eigenvalue weighted by molar-refractivity contribution is 5.93. The number of para-hydroxylation sites is 1. The lowest BCUT2D eigenvalue weighted by Gasteiger charge is -2.17. The fraction of sp³-hybridized carbons (Fsp3) is 0.286. The Morgan fingerprint density at radius 3 is 2.62 bits per heavy atom. The molecule has 0 radical (unpaired) electrons. The van der Waals surface area contributed by atoms with Gasteiger partial charge in [0, 0.05) is 16.6 Å². The van der Waals surface area contributed by atoms with Crippen molar-refractivity contribution in [2.75, 3.05) is 5.32 Å². The van der Waals surface area contributed by atoms with Crippen LogP contribution in [0, 0.1) is 0 Å². The molecular weight excluding hydrogens is 296 g/mol. The van der Waals surface area contributed by atoms with Gasteiger partial charge in [-0.2, -0.15) is 0 Å². The molecule has 3 nitrogen and oxygen atoms in total. The van der Waals surface area contributed by atoms with Crippen LogP contribution in [0.4, 0.5) is 5.69 Å². The molecule has 0 saturated carbocycles. The molecular formula is C21H22N2O. The van der Waals surface area contributed by atoms with Crippen molar-refractivity contribution in [3.63, 3.8) is 0 Å². The number of hydrogen-bond acceptors (Lipinski definition) is 3. The van der Waals surface area contributed by atoms with Crippen molar-refractivity contribution in [3.05, 3.63) is 59.7 Å². The number of fused-ring (bicyclic) bond motifs is 2. The standard InChI is InChI=1S/C21H22N2O/c1-14(24)22-21-13-20(23-19-9-5-4-8-18(19)21)17-11-10-15-6-2-3-7-16(15)12-17/h4-5,8-14,24H,2-3,6-7H2,1H3,(H,22,23). The first kappa shape index (κ1) is 15.2. The molecule has 3 heteroatoms. The van der Waals surface area contributed by atoms with Crippen molar-refractivity contribution < 1.29 is 5.11 Å². The van der Waals surface area contributed by atoms with E-state index in [2.05, 4.69) is 23.5 Å². The zero-order chi connectivity index (χ0) is 16.5. The van der Waals surface area contributed by atoms with Crippen LogP contribution in [0.2, 0.25) is 0 Å². The monoisotopic (exact) mass is 318 g/mol. The van der Waals surface area contributed by atoms with Crippen LogP contribution in [0.3, 0.4) is 0 Å². The van der Waals surface area contributed by atoms with E-state index in [1.54, 1.807) is 6.92 Å². The van der Waals surface area contributed by atoms with Crippen LogP contribution in [-0.4, -0.2) is 16.3 Å². The highest BCUT2D eigenvalue weighted by Crippen LogP contribution is 2.31.